The second-order valence-corrected chi connectivity index (χ2v) is 8.02. The summed E-state index contributed by atoms with van der Waals surface area (Å²) in [7, 11) is 0. The van der Waals surface area contributed by atoms with Crippen molar-refractivity contribution in [3.8, 4) is 10.4 Å². The monoisotopic (exact) mass is 360 g/mol. The van der Waals surface area contributed by atoms with Crippen LogP contribution in [0.4, 0.5) is 0 Å². The van der Waals surface area contributed by atoms with Gasteiger partial charge < -0.3 is 5.11 Å². The molecule has 0 bridgehead atoms. The third kappa shape index (κ3) is 3.13. The highest BCUT2D eigenvalue weighted by molar-refractivity contribution is 8.14. The van der Waals surface area contributed by atoms with Crippen LogP contribution in [0.2, 0.25) is 0 Å². The van der Waals surface area contributed by atoms with Gasteiger partial charge in [0.2, 0.25) is 0 Å². The Labute approximate surface area is 150 Å². The van der Waals surface area contributed by atoms with E-state index in [1.165, 1.54) is 17.3 Å². The molecule has 126 valence electrons. The van der Waals surface area contributed by atoms with Crippen LogP contribution in [0.15, 0.2) is 29.3 Å². The fraction of sp³-hybridized carbons (Fsp3) is 0.389. The summed E-state index contributed by atoms with van der Waals surface area (Å²) in [6, 6.07) is 8.50. The largest absolute Gasteiger partial charge is 0.479 e. The summed E-state index contributed by atoms with van der Waals surface area (Å²) in [6.07, 6.45) is 1.87. The van der Waals surface area contributed by atoms with E-state index >= 15 is 0 Å². The molecule has 1 atom stereocenters. The molecule has 6 heteroatoms. The van der Waals surface area contributed by atoms with Gasteiger partial charge in [0, 0.05) is 5.75 Å². The Balaban J connectivity index is 2.05. The minimum Gasteiger partial charge on any atom is -0.479 e. The lowest BCUT2D eigenvalue weighted by molar-refractivity contribution is -0.141. The van der Waals surface area contributed by atoms with Crippen LogP contribution in [0.25, 0.3) is 10.4 Å². The second kappa shape index (κ2) is 6.69. The minimum absolute atomic E-state index is 0.449. The minimum atomic E-state index is -1.06. The Bertz CT molecular complexity index is 796. The van der Waals surface area contributed by atoms with E-state index in [1.54, 1.807) is 18.3 Å². The molecule has 1 aliphatic rings. The average Bonchev–Trinajstić information content (AvgIpc) is 3.19. The Morgan fingerprint density at radius 2 is 1.96 bits per heavy atom. The molecule has 1 aromatic carbocycles. The van der Waals surface area contributed by atoms with Gasteiger partial charge in [-0.2, -0.15) is 0 Å². The lowest BCUT2D eigenvalue weighted by atomic mass is 10.1. The molecule has 0 saturated heterocycles. The summed E-state index contributed by atoms with van der Waals surface area (Å²) in [5, 5.41) is 11.2. The average molecular weight is 361 g/mol. The number of thiazole rings is 1. The SMILES string of the molecule is CCc1ccc(-c2sc(CC)nc2C2=N[C@](C)(C(=O)O)CS2)cc1. The Morgan fingerprint density at radius 1 is 1.25 bits per heavy atom. The number of rotatable bonds is 5. The molecule has 4 nitrogen and oxygen atoms in total. The molecule has 1 N–H and O–H groups in total. The van der Waals surface area contributed by atoms with Crippen molar-refractivity contribution in [3.63, 3.8) is 0 Å². The Morgan fingerprint density at radius 3 is 2.50 bits per heavy atom. The molecule has 2 aromatic rings. The number of nitrogens with zero attached hydrogens (tertiary/aromatic N) is 2. The van der Waals surface area contributed by atoms with Gasteiger partial charge in [-0.25, -0.2) is 9.78 Å². The summed E-state index contributed by atoms with van der Waals surface area (Å²) in [5.41, 5.74) is 2.19. The lowest BCUT2D eigenvalue weighted by Crippen LogP contribution is -2.33. The molecule has 2 heterocycles. The van der Waals surface area contributed by atoms with Crippen molar-refractivity contribution < 1.29 is 9.90 Å². The molecule has 0 spiro atoms. The maximum Gasteiger partial charge on any atom is 0.332 e. The van der Waals surface area contributed by atoms with Crippen molar-refractivity contribution in [3.05, 3.63) is 40.5 Å². The first-order chi connectivity index (χ1) is 11.5. The van der Waals surface area contributed by atoms with Gasteiger partial charge in [0.05, 0.1) is 9.88 Å². The molecule has 0 saturated carbocycles. The molecule has 24 heavy (non-hydrogen) atoms. The van der Waals surface area contributed by atoms with Crippen molar-refractivity contribution in [2.45, 2.75) is 39.2 Å². The van der Waals surface area contributed by atoms with E-state index in [2.05, 4.69) is 43.1 Å². The molecule has 0 aliphatic carbocycles. The number of aliphatic carboxylic acids is 1. The summed E-state index contributed by atoms with van der Waals surface area (Å²) < 4.78 is 0. The quantitative estimate of drug-likeness (QED) is 0.865. The van der Waals surface area contributed by atoms with Gasteiger partial charge in [-0.1, -0.05) is 38.1 Å². The van der Waals surface area contributed by atoms with Crippen molar-refractivity contribution in [1.29, 1.82) is 0 Å². The fourth-order valence-electron chi connectivity index (χ4n) is 2.48. The summed E-state index contributed by atoms with van der Waals surface area (Å²) in [4.78, 5) is 21.7. The fourth-order valence-corrected chi connectivity index (χ4v) is 4.71. The number of aliphatic imine (C=N–C) groups is 1. The first-order valence-electron chi connectivity index (χ1n) is 8.02. The number of hydrogen-bond acceptors (Lipinski definition) is 5. The second-order valence-electron chi connectivity index (χ2n) is 5.97. The summed E-state index contributed by atoms with van der Waals surface area (Å²) in [5.74, 6) is -0.435. The van der Waals surface area contributed by atoms with E-state index in [9.17, 15) is 9.90 Å². The normalized spacial score (nSPS) is 20.2. The molecule has 3 rings (SSSR count). The van der Waals surface area contributed by atoms with Crippen LogP contribution in [-0.2, 0) is 17.6 Å². The van der Waals surface area contributed by atoms with Crippen LogP contribution in [0, 0.1) is 0 Å². The van der Waals surface area contributed by atoms with Gasteiger partial charge in [-0.05, 0) is 30.9 Å². The summed E-state index contributed by atoms with van der Waals surface area (Å²) >= 11 is 3.15. The predicted molar refractivity (Wildman–Crippen MR) is 101 cm³/mol. The first-order valence-corrected chi connectivity index (χ1v) is 9.82. The number of carboxylic acid groups (broad SMARTS) is 1. The predicted octanol–water partition coefficient (Wildman–Crippen LogP) is 4.27. The van der Waals surface area contributed by atoms with Gasteiger partial charge in [0.25, 0.3) is 0 Å². The van der Waals surface area contributed by atoms with Crippen LogP contribution >= 0.6 is 23.1 Å². The van der Waals surface area contributed by atoms with E-state index in [0.29, 0.717) is 5.75 Å². The molecule has 1 aliphatic heterocycles. The zero-order valence-electron chi connectivity index (χ0n) is 14.0. The number of carbonyl (C=O) groups is 1. The number of benzene rings is 1. The van der Waals surface area contributed by atoms with E-state index in [-0.39, 0.29) is 0 Å². The van der Waals surface area contributed by atoms with Gasteiger partial charge in [-0.15, -0.1) is 23.1 Å². The van der Waals surface area contributed by atoms with Crippen LogP contribution < -0.4 is 0 Å². The van der Waals surface area contributed by atoms with Crippen molar-refractivity contribution in [1.82, 2.24) is 4.98 Å². The molecule has 0 unspecified atom stereocenters. The van der Waals surface area contributed by atoms with E-state index < -0.39 is 11.5 Å². The first kappa shape index (κ1) is 17.2. The van der Waals surface area contributed by atoms with E-state index in [4.69, 9.17) is 4.98 Å². The number of hydrogen-bond donors (Lipinski definition) is 1. The van der Waals surface area contributed by atoms with Gasteiger partial charge in [-0.3, -0.25) is 4.99 Å². The van der Waals surface area contributed by atoms with Crippen LogP contribution in [-0.4, -0.2) is 32.4 Å². The van der Waals surface area contributed by atoms with E-state index in [1.807, 2.05) is 0 Å². The van der Waals surface area contributed by atoms with Gasteiger partial charge in [0.15, 0.2) is 5.54 Å². The maximum atomic E-state index is 11.4. The summed E-state index contributed by atoms with van der Waals surface area (Å²) in [6.45, 7) is 5.88. The highest BCUT2D eigenvalue weighted by Gasteiger charge is 2.39. The van der Waals surface area contributed by atoms with Crippen molar-refractivity contribution in [2.75, 3.05) is 5.75 Å². The third-order valence-electron chi connectivity index (χ3n) is 4.10. The lowest BCUT2D eigenvalue weighted by Gasteiger charge is -2.11. The smallest absolute Gasteiger partial charge is 0.332 e. The molecular formula is C18H20N2O2S2. The highest BCUT2D eigenvalue weighted by Crippen LogP contribution is 2.38. The highest BCUT2D eigenvalue weighted by atomic mass is 32.2. The van der Waals surface area contributed by atoms with E-state index in [0.717, 1.165) is 39.0 Å². The van der Waals surface area contributed by atoms with Gasteiger partial charge >= 0.3 is 5.97 Å². The molecular weight excluding hydrogens is 340 g/mol. The molecule has 1 aromatic heterocycles. The Kier molecular flexibility index (Phi) is 4.78. The zero-order valence-corrected chi connectivity index (χ0v) is 15.6. The zero-order chi connectivity index (χ0) is 17.3. The molecule has 0 amide bonds. The third-order valence-corrected chi connectivity index (χ3v) is 6.61. The Hall–Kier alpha value is -1.66. The number of aromatic nitrogens is 1. The van der Waals surface area contributed by atoms with Crippen LogP contribution in [0.1, 0.15) is 37.0 Å². The number of thioether (sulfide) groups is 1. The van der Waals surface area contributed by atoms with Gasteiger partial charge in [0.1, 0.15) is 10.7 Å². The standard InChI is InChI=1S/C18H20N2O2S2/c1-4-11-6-8-12(9-7-11)15-14(19-13(5-2)24-15)16-20-18(3,10-23-16)17(21)22/h6-9H,4-5,10H2,1-3H3,(H,21,22)/t18-/m0/s1. The van der Waals surface area contributed by atoms with Crippen molar-refractivity contribution in [2.24, 2.45) is 4.99 Å². The topological polar surface area (TPSA) is 62.5 Å². The molecule has 0 radical (unpaired) electrons. The maximum absolute atomic E-state index is 11.4. The van der Waals surface area contributed by atoms with Crippen LogP contribution in [0.5, 0.6) is 0 Å². The van der Waals surface area contributed by atoms with Crippen molar-refractivity contribution >= 4 is 34.1 Å². The number of aryl methyl sites for hydroxylation is 2. The molecule has 0 fully saturated rings. The van der Waals surface area contributed by atoms with Crippen LogP contribution in [0.3, 0.4) is 0 Å². The number of carboxylic acids is 1.